The normalized spacial score (nSPS) is 28.9. The molecule has 1 heterocycles. The van der Waals surface area contributed by atoms with E-state index >= 15 is 0 Å². The molecule has 1 aromatic rings. The molecule has 1 aromatic carbocycles. The van der Waals surface area contributed by atoms with Crippen LogP contribution in [0.2, 0.25) is 0 Å². The number of primary amides is 1. The van der Waals surface area contributed by atoms with E-state index in [1.54, 1.807) is 32.1 Å². The lowest BCUT2D eigenvalue weighted by atomic mass is 9.81. The molecular weight excluding hydrogens is 633 g/mol. The van der Waals surface area contributed by atoms with Crippen molar-refractivity contribution in [1.82, 2.24) is 10.6 Å². The van der Waals surface area contributed by atoms with Gasteiger partial charge < -0.3 is 35.7 Å². The Hall–Kier alpha value is -4.65. The van der Waals surface area contributed by atoms with Crippen LogP contribution in [-0.2, 0) is 28.6 Å². The van der Waals surface area contributed by atoms with Crippen molar-refractivity contribution >= 4 is 29.1 Å². The van der Waals surface area contributed by atoms with Gasteiger partial charge in [-0.2, -0.15) is 0 Å². The molecule has 264 valence electrons. The van der Waals surface area contributed by atoms with Gasteiger partial charge in [0.05, 0.1) is 23.5 Å². The van der Waals surface area contributed by atoms with Gasteiger partial charge in [-0.25, -0.2) is 9.18 Å². The zero-order valence-corrected chi connectivity index (χ0v) is 28.7. The van der Waals surface area contributed by atoms with E-state index in [1.165, 1.54) is 45.4 Å². The lowest BCUT2D eigenvalue weighted by Gasteiger charge is -2.30. The second-order valence-electron chi connectivity index (χ2n) is 12.3. The molecule has 3 rings (SSSR count). The van der Waals surface area contributed by atoms with Crippen molar-refractivity contribution in [2.45, 2.75) is 65.0 Å². The van der Waals surface area contributed by atoms with Gasteiger partial charge in [0.25, 0.3) is 5.91 Å². The van der Waals surface area contributed by atoms with Crippen LogP contribution in [0.4, 0.5) is 9.18 Å². The van der Waals surface area contributed by atoms with Crippen LogP contribution in [0.3, 0.4) is 0 Å². The maximum Gasteiger partial charge on any atom is 0.405 e. The highest BCUT2D eigenvalue weighted by molar-refractivity contribution is 6.39. The van der Waals surface area contributed by atoms with E-state index in [-0.39, 0.29) is 59.0 Å². The Bertz CT molecular complexity index is 1590. The number of aliphatic hydroxyl groups excluding tert-OH is 1. The highest BCUT2D eigenvalue weighted by Crippen LogP contribution is 2.34. The first kappa shape index (κ1) is 38.8. The third-order valence-electron chi connectivity index (χ3n) is 8.50. The molecule has 5 N–H and O–H groups in total. The highest BCUT2D eigenvalue weighted by atomic mass is 19.1. The quantitative estimate of drug-likeness (QED) is 0.244. The fourth-order valence-electron chi connectivity index (χ4n) is 5.92. The Labute approximate surface area is 286 Å². The van der Waals surface area contributed by atoms with Crippen LogP contribution >= 0.6 is 0 Å². The Morgan fingerprint density at radius 3 is 2.39 bits per heavy atom. The summed E-state index contributed by atoms with van der Waals surface area (Å²) in [5.41, 5.74) is 6.19. The third kappa shape index (κ3) is 9.71. The molecule has 1 aliphatic carbocycles. The number of carbonyl (C=O) groups excluding carboxylic acids is 4. The summed E-state index contributed by atoms with van der Waals surface area (Å²) < 4.78 is 30.6. The summed E-state index contributed by atoms with van der Waals surface area (Å²) in [5, 5.41) is 17.0. The summed E-state index contributed by atoms with van der Waals surface area (Å²) in [5.74, 6) is -3.14. The van der Waals surface area contributed by atoms with Gasteiger partial charge in [-0.15, -0.1) is 6.58 Å². The number of allylic oxidation sites excluding steroid dienone is 4. The predicted molar refractivity (Wildman–Crippen MR) is 183 cm³/mol. The second-order valence-corrected chi connectivity index (χ2v) is 12.3. The number of rotatable bonds is 7. The van der Waals surface area contributed by atoms with Crippen LogP contribution in [0.15, 0.2) is 89.3 Å². The summed E-state index contributed by atoms with van der Waals surface area (Å²) in [4.78, 5) is 53.9. The highest BCUT2D eigenvalue weighted by Gasteiger charge is 2.38. The molecule has 12 heteroatoms. The number of ketones is 2. The van der Waals surface area contributed by atoms with Gasteiger partial charge in [-0.3, -0.25) is 14.4 Å². The number of nitrogens with one attached hydrogen (secondary N) is 2. The first-order valence-corrected chi connectivity index (χ1v) is 16.0. The van der Waals surface area contributed by atoms with Crippen LogP contribution in [0.5, 0.6) is 0 Å². The minimum Gasteiger partial charge on any atom is -0.439 e. The van der Waals surface area contributed by atoms with E-state index in [4.69, 9.17) is 19.9 Å². The van der Waals surface area contributed by atoms with Crippen LogP contribution in [0.1, 0.15) is 46.1 Å². The summed E-state index contributed by atoms with van der Waals surface area (Å²) in [6.07, 6.45) is 3.69. The molecule has 0 spiro atoms. The number of Topliss-reactive ketones (excluding diaryl/α,β-unsaturated/α-hetero) is 2. The number of hydrogen-bond donors (Lipinski definition) is 4. The summed E-state index contributed by atoms with van der Waals surface area (Å²) in [7, 11) is 2.88. The van der Waals surface area contributed by atoms with Gasteiger partial charge in [0, 0.05) is 37.8 Å². The molecule has 2 aliphatic rings. The van der Waals surface area contributed by atoms with Crippen LogP contribution in [0, 0.1) is 17.7 Å². The van der Waals surface area contributed by atoms with Gasteiger partial charge in [-0.05, 0) is 55.9 Å². The molecular formula is C37H46FN3O8. The number of hydrogen-bond acceptors (Lipinski definition) is 9. The van der Waals surface area contributed by atoms with Gasteiger partial charge in [0.15, 0.2) is 6.10 Å². The van der Waals surface area contributed by atoms with E-state index in [0.717, 1.165) is 12.1 Å². The third-order valence-corrected chi connectivity index (χ3v) is 8.50. The molecule has 0 saturated carbocycles. The number of ether oxygens (including phenoxy) is 3. The summed E-state index contributed by atoms with van der Waals surface area (Å²) >= 11 is 0. The lowest BCUT2D eigenvalue weighted by molar-refractivity contribution is -0.120. The Kier molecular flexibility index (Phi) is 14.0. The zero-order chi connectivity index (χ0) is 36.4. The molecule has 1 aliphatic heterocycles. The molecule has 49 heavy (non-hydrogen) atoms. The maximum atomic E-state index is 14.3. The average molecular weight is 680 g/mol. The van der Waals surface area contributed by atoms with Crippen molar-refractivity contribution < 1.29 is 42.9 Å². The van der Waals surface area contributed by atoms with Crippen molar-refractivity contribution in [2.75, 3.05) is 20.8 Å². The molecule has 11 nitrogen and oxygen atoms in total. The van der Waals surface area contributed by atoms with E-state index in [1.807, 2.05) is 6.92 Å². The van der Waals surface area contributed by atoms with Crippen LogP contribution in [0.25, 0.3) is 5.57 Å². The number of carbonyl (C=O) groups is 4. The van der Waals surface area contributed by atoms with Crippen LogP contribution < -0.4 is 16.4 Å². The first-order chi connectivity index (χ1) is 23.2. The molecule has 0 unspecified atom stereocenters. The number of nitrogens with two attached hydrogens (primary N) is 1. The number of amides is 2. The van der Waals surface area contributed by atoms with Gasteiger partial charge in [0.2, 0.25) is 11.6 Å². The van der Waals surface area contributed by atoms with Crippen molar-refractivity contribution in [3.05, 3.63) is 101 Å². The predicted octanol–water partition coefficient (Wildman–Crippen LogP) is 4.20. The molecule has 6 atom stereocenters. The minimum atomic E-state index is -1.03. The van der Waals surface area contributed by atoms with Crippen molar-refractivity contribution in [3.8, 4) is 0 Å². The molecule has 0 fully saturated rings. The largest absolute Gasteiger partial charge is 0.439 e. The standard InChI is InChI=1S/C37H46FN3O8/c1-8-16-40-30-26-17-20(2)18-28(48-7)32(42)22(4)19-23(5)35(49-37(39)46)27(47-6)11-9-10-21(3)36(45)41-31(33(26)43)29(34(30)44)24-12-14-25(38)15-13-24/h8-15,19-20,22,27-28,32,35,40,42H,1,16-18H2,2-7H3,(H2,39,46)(H,41,45)/b11-9-,21-10+,23-19+/t20-,22+,27-,28+,32-,35+/m1/s1. The fourth-order valence-corrected chi connectivity index (χ4v) is 5.92. The van der Waals surface area contributed by atoms with Crippen molar-refractivity contribution in [3.63, 3.8) is 0 Å². The van der Waals surface area contributed by atoms with E-state index < -0.39 is 59.7 Å². The van der Waals surface area contributed by atoms with E-state index in [2.05, 4.69) is 17.2 Å². The average Bonchev–Trinajstić information content (AvgIpc) is 3.06. The van der Waals surface area contributed by atoms with Crippen molar-refractivity contribution in [2.24, 2.45) is 17.6 Å². The van der Waals surface area contributed by atoms with Gasteiger partial charge in [-0.1, -0.05) is 56.4 Å². The van der Waals surface area contributed by atoms with Gasteiger partial charge >= 0.3 is 6.09 Å². The fraction of sp³-hybridized carbons (Fsp3) is 0.405. The van der Waals surface area contributed by atoms with Crippen molar-refractivity contribution in [1.29, 1.82) is 0 Å². The number of halogens is 1. The monoisotopic (exact) mass is 679 g/mol. The number of aliphatic hydroxyl groups is 1. The number of benzene rings is 1. The lowest BCUT2D eigenvalue weighted by Crippen LogP contribution is -2.39. The molecule has 0 saturated heterocycles. The topological polar surface area (TPSA) is 166 Å². The molecule has 0 radical (unpaired) electrons. The van der Waals surface area contributed by atoms with Crippen LogP contribution in [-0.4, -0.2) is 73.9 Å². The number of fused-ring (bicyclic) bond motifs is 2. The number of methoxy groups -OCH3 is 2. The minimum absolute atomic E-state index is 0.0442. The van der Waals surface area contributed by atoms with Gasteiger partial charge in [0.1, 0.15) is 17.6 Å². The summed E-state index contributed by atoms with van der Waals surface area (Å²) in [6.45, 7) is 10.8. The first-order valence-electron chi connectivity index (χ1n) is 16.0. The molecule has 0 aromatic heterocycles. The van der Waals surface area contributed by atoms with E-state index in [0.29, 0.717) is 5.57 Å². The molecule has 2 amide bonds. The summed E-state index contributed by atoms with van der Waals surface area (Å²) in [6, 6.07) is 5.06. The zero-order valence-electron chi connectivity index (χ0n) is 28.7. The molecule has 2 bridgehead atoms. The smallest absolute Gasteiger partial charge is 0.405 e. The maximum absolute atomic E-state index is 14.3. The SMILES string of the molecule is C=CCNC1=C2C[C@@H](C)C[C@H](OC)[C@H](O)[C@@H](C)/C=C(\C)[C@H](OC(N)=O)[C@H](OC)/C=C\C=C(/C)C(=O)NC(=C(c3ccc(F)cc3)C1=O)C2=O. The Morgan fingerprint density at radius 1 is 1.12 bits per heavy atom. The Morgan fingerprint density at radius 2 is 1.80 bits per heavy atom. The Balaban J connectivity index is 2.24. The van der Waals surface area contributed by atoms with E-state index in [9.17, 15) is 28.7 Å². The second kappa shape index (κ2) is 17.7.